The summed E-state index contributed by atoms with van der Waals surface area (Å²) < 4.78 is 55.2. The lowest BCUT2D eigenvalue weighted by Gasteiger charge is -2.33. The predicted octanol–water partition coefficient (Wildman–Crippen LogP) is 3.30. The summed E-state index contributed by atoms with van der Waals surface area (Å²) in [5.41, 5.74) is 0. The van der Waals surface area contributed by atoms with Crippen molar-refractivity contribution in [1.82, 2.24) is 8.61 Å². The summed E-state index contributed by atoms with van der Waals surface area (Å²) in [7, 11) is -7.35. The molecule has 6 nitrogen and oxygen atoms in total. The van der Waals surface area contributed by atoms with Crippen LogP contribution in [-0.2, 0) is 20.0 Å². The molecule has 0 amide bonds. The Kier molecular flexibility index (Phi) is 5.52. The fourth-order valence-corrected chi connectivity index (χ4v) is 6.88. The highest BCUT2D eigenvalue weighted by Gasteiger charge is 2.33. The molecule has 0 atom stereocenters. The van der Waals surface area contributed by atoms with Crippen molar-refractivity contribution < 1.29 is 16.8 Å². The third-order valence-corrected chi connectivity index (χ3v) is 9.27. The van der Waals surface area contributed by atoms with Crippen LogP contribution >= 0.6 is 15.9 Å². The smallest absolute Gasteiger partial charge is 0.207 e. The molecule has 1 fully saturated rings. The van der Waals surface area contributed by atoms with Gasteiger partial charge in [-0.25, -0.2) is 16.8 Å². The van der Waals surface area contributed by atoms with Gasteiger partial charge in [-0.2, -0.15) is 8.61 Å². The Balaban J connectivity index is 1.54. The quantitative estimate of drug-likeness (QED) is 0.557. The van der Waals surface area contributed by atoms with Crippen molar-refractivity contribution >= 4 is 46.7 Å². The molecule has 0 spiro atoms. The van der Waals surface area contributed by atoms with E-state index in [1.54, 1.807) is 36.4 Å². The Bertz CT molecular complexity index is 1270. The van der Waals surface area contributed by atoms with Gasteiger partial charge in [-0.3, -0.25) is 0 Å². The molecular formula is C20H19BrN2O4S2. The summed E-state index contributed by atoms with van der Waals surface area (Å²) >= 11 is 3.29. The highest BCUT2D eigenvalue weighted by atomic mass is 79.9. The molecule has 1 heterocycles. The van der Waals surface area contributed by atoms with E-state index >= 15 is 0 Å². The third-order valence-electron chi connectivity index (χ3n) is 4.99. The van der Waals surface area contributed by atoms with Gasteiger partial charge in [0.05, 0.1) is 9.79 Å². The molecule has 0 unspecified atom stereocenters. The Labute approximate surface area is 179 Å². The van der Waals surface area contributed by atoms with Gasteiger partial charge in [-0.05, 0) is 41.1 Å². The first kappa shape index (κ1) is 20.5. The van der Waals surface area contributed by atoms with Crippen molar-refractivity contribution in [3.05, 3.63) is 71.2 Å². The molecule has 0 aliphatic carbocycles. The molecule has 0 N–H and O–H groups in total. The first-order chi connectivity index (χ1) is 13.8. The predicted molar refractivity (Wildman–Crippen MR) is 116 cm³/mol. The molecule has 3 aromatic rings. The number of sulfonamides is 2. The zero-order valence-corrected chi connectivity index (χ0v) is 18.6. The summed E-state index contributed by atoms with van der Waals surface area (Å²) in [6.45, 7) is 0.452. The summed E-state index contributed by atoms with van der Waals surface area (Å²) in [6, 6.07) is 19.1. The van der Waals surface area contributed by atoms with E-state index < -0.39 is 20.0 Å². The molecule has 0 aromatic heterocycles. The molecule has 0 saturated carbocycles. The van der Waals surface area contributed by atoms with Crippen LogP contribution in [0.1, 0.15) is 0 Å². The van der Waals surface area contributed by atoms with E-state index in [1.165, 1.54) is 14.7 Å². The zero-order chi connectivity index (χ0) is 20.6. The van der Waals surface area contributed by atoms with Crippen LogP contribution < -0.4 is 0 Å². The van der Waals surface area contributed by atoms with Gasteiger partial charge < -0.3 is 0 Å². The lowest BCUT2D eigenvalue weighted by Crippen LogP contribution is -2.50. The fourth-order valence-electron chi connectivity index (χ4n) is 3.40. The van der Waals surface area contributed by atoms with E-state index in [1.807, 2.05) is 24.3 Å². The molecule has 0 bridgehead atoms. The number of nitrogens with zero attached hydrogens (tertiary/aromatic N) is 2. The third kappa shape index (κ3) is 3.97. The van der Waals surface area contributed by atoms with E-state index in [-0.39, 0.29) is 36.0 Å². The minimum absolute atomic E-state index is 0.113. The topological polar surface area (TPSA) is 74.8 Å². The van der Waals surface area contributed by atoms with Crippen LogP contribution in [0.3, 0.4) is 0 Å². The van der Waals surface area contributed by atoms with Crippen molar-refractivity contribution in [3.8, 4) is 0 Å². The Morgan fingerprint density at radius 2 is 1.17 bits per heavy atom. The molecule has 1 saturated heterocycles. The second kappa shape index (κ2) is 7.81. The molecule has 29 heavy (non-hydrogen) atoms. The van der Waals surface area contributed by atoms with Crippen molar-refractivity contribution in [1.29, 1.82) is 0 Å². The molecule has 1 aliphatic heterocycles. The van der Waals surface area contributed by atoms with Crippen LogP contribution in [0.4, 0.5) is 0 Å². The zero-order valence-electron chi connectivity index (χ0n) is 15.4. The van der Waals surface area contributed by atoms with Crippen LogP contribution in [0.15, 0.2) is 81.0 Å². The first-order valence-electron chi connectivity index (χ1n) is 9.03. The second-order valence-electron chi connectivity index (χ2n) is 6.77. The number of benzene rings is 3. The molecule has 3 aromatic carbocycles. The van der Waals surface area contributed by atoms with Crippen molar-refractivity contribution in [2.75, 3.05) is 26.2 Å². The van der Waals surface area contributed by atoms with Gasteiger partial charge in [-0.15, -0.1) is 0 Å². The van der Waals surface area contributed by atoms with Gasteiger partial charge in [0, 0.05) is 30.7 Å². The molecular weight excluding hydrogens is 476 g/mol. The lowest BCUT2D eigenvalue weighted by atomic mass is 10.1. The Morgan fingerprint density at radius 1 is 0.621 bits per heavy atom. The summed E-state index contributed by atoms with van der Waals surface area (Å²) in [5, 5.41) is 1.82. The fraction of sp³-hybridized carbons (Fsp3) is 0.200. The van der Waals surface area contributed by atoms with Crippen LogP contribution in [0.2, 0.25) is 0 Å². The molecule has 9 heteroatoms. The minimum Gasteiger partial charge on any atom is -0.207 e. The summed E-state index contributed by atoms with van der Waals surface area (Å²) in [6.07, 6.45) is 0. The average Bonchev–Trinajstić information content (AvgIpc) is 2.73. The van der Waals surface area contributed by atoms with Crippen molar-refractivity contribution in [2.24, 2.45) is 0 Å². The van der Waals surface area contributed by atoms with E-state index in [0.717, 1.165) is 10.8 Å². The number of fused-ring (bicyclic) bond motifs is 1. The van der Waals surface area contributed by atoms with Gasteiger partial charge in [0.15, 0.2) is 0 Å². The van der Waals surface area contributed by atoms with Gasteiger partial charge in [0.2, 0.25) is 20.0 Å². The molecule has 1 aliphatic rings. The van der Waals surface area contributed by atoms with E-state index in [4.69, 9.17) is 0 Å². The summed E-state index contributed by atoms with van der Waals surface area (Å²) in [5.74, 6) is 0. The minimum atomic E-state index is -3.69. The maximum absolute atomic E-state index is 13.1. The molecule has 4 rings (SSSR count). The SMILES string of the molecule is O=S(=O)(c1cccc(Br)c1)N1CCN(S(=O)(=O)c2ccc3ccccc3c2)CC1. The number of piperazine rings is 1. The largest absolute Gasteiger partial charge is 0.243 e. The number of hydrogen-bond donors (Lipinski definition) is 0. The van der Waals surface area contributed by atoms with Crippen LogP contribution in [0.5, 0.6) is 0 Å². The van der Waals surface area contributed by atoms with Gasteiger partial charge in [0.25, 0.3) is 0 Å². The van der Waals surface area contributed by atoms with E-state index in [2.05, 4.69) is 15.9 Å². The van der Waals surface area contributed by atoms with Gasteiger partial charge in [0.1, 0.15) is 0 Å². The van der Waals surface area contributed by atoms with Gasteiger partial charge in [-0.1, -0.05) is 52.3 Å². The molecule has 152 valence electrons. The van der Waals surface area contributed by atoms with Gasteiger partial charge >= 0.3 is 0 Å². The normalized spacial score (nSPS) is 16.9. The number of rotatable bonds is 4. The monoisotopic (exact) mass is 494 g/mol. The second-order valence-corrected chi connectivity index (χ2v) is 11.6. The molecule has 0 radical (unpaired) electrons. The maximum atomic E-state index is 13.1. The highest BCUT2D eigenvalue weighted by molar-refractivity contribution is 9.10. The number of hydrogen-bond acceptors (Lipinski definition) is 4. The van der Waals surface area contributed by atoms with Crippen LogP contribution in [0.25, 0.3) is 10.8 Å². The maximum Gasteiger partial charge on any atom is 0.243 e. The Morgan fingerprint density at radius 3 is 1.76 bits per heavy atom. The van der Waals surface area contributed by atoms with Crippen molar-refractivity contribution in [3.63, 3.8) is 0 Å². The highest BCUT2D eigenvalue weighted by Crippen LogP contribution is 2.25. The van der Waals surface area contributed by atoms with Crippen LogP contribution in [-0.4, -0.2) is 51.6 Å². The first-order valence-corrected chi connectivity index (χ1v) is 12.7. The standard InChI is InChI=1S/C20H19BrN2O4S2/c21-18-6-3-7-19(15-18)28(24,25)22-10-12-23(13-11-22)29(26,27)20-9-8-16-4-1-2-5-17(16)14-20/h1-9,14-15H,10-13H2. The summed E-state index contributed by atoms with van der Waals surface area (Å²) in [4.78, 5) is 0.414. The number of halogens is 1. The average molecular weight is 495 g/mol. The van der Waals surface area contributed by atoms with Crippen LogP contribution in [0, 0.1) is 0 Å². The Hall–Kier alpha value is -1.78. The van der Waals surface area contributed by atoms with Crippen molar-refractivity contribution in [2.45, 2.75) is 9.79 Å². The van der Waals surface area contributed by atoms with E-state index in [9.17, 15) is 16.8 Å². The lowest BCUT2D eigenvalue weighted by molar-refractivity contribution is 0.273. The van der Waals surface area contributed by atoms with E-state index in [0.29, 0.717) is 4.47 Å².